The van der Waals surface area contributed by atoms with E-state index in [1.54, 1.807) is 11.3 Å². The molecule has 0 fully saturated rings. The van der Waals surface area contributed by atoms with Gasteiger partial charge in [0.05, 0.1) is 34.2 Å². The molecule has 0 atom stereocenters. The number of benzene rings is 2. The predicted molar refractivity (Wildman–Crippen MR) is 210 cm³/mol. The summed E-state index contributed by atoms with van der Waals surface area (Å²) in [5.41, 5.74) is 11.2. The van der Waals surface area contributed by atoms with Crippen LogP contribution >= 0.6 is 11.3 Å². The number of nitrogens with zero attached hydrogens (tertiary/aromatic N) is 6. The van der Waals surface area contributed by atoms with Crippen LogP contribution in [0.15, 0.2) is 159 Å². The first-order valence-electron chi connectivity index (χ1n) is 16.9. The van der Waals surface area contributed by atoms with Crippen molar-refractivity contribution >= 4 is 31.5 Å². The first-order valence-corrected chi connectivity index (χ1v) is 17.8. The predicted octanol–water partition coefficient (Wildman–Crippen LogP) is 11.5. The first-order chi connectivity index (χ1) is 25.3. The fourth-order valence-corrected chi connectivity index (χ4v) is 7.93. The van der Waals surface area contributed by atoms with E-state index in [2.05, 4.69) is 48.5 Å². The van der Waals surface area contributed by atoms with Crippen LogP contribution in [0.25, 0.3) is 87.7 Å². The van der Waals surface area contributed by atoms with Crippen molar-refractivity contribution in [1.29, 1.82) is 0 Å². The van der Waals surface area contributed by atoms with E-state index in [0.29, 0.717) is 0 Å². The summed E-state index contributed by atoms with van der Waals surface area (Å²) in [7, 11) is 0. The van der Waals surface area contributed by atoms with Crippen molar-refractivity contribution in [3.63, 3.8) is 0 Å². The van der Waals surface area contributed by atoms with Gasteiger partial charge in [-0.05, 0) is 84.9 Å². The molecule has 0 amide bonds. The maximum Gasteiger partial charge on any atom is 0.0723 e. The second kappa shape index (κ2) is 14.2. The molecular formula is C44H32N6S. The minimum Gasteiger partial charge on any atom is -0.256 e. The summed E-state index contributed by atoms with van der Waals surface area (Å²) in [5.74, 6) is 0. The maximum atomic E-state index is 4.93. The zero-order valence-electron chi connectivity index (χ0n) is 28.1. The third-order valence-electron chi connectivity index (χ3n) is 8.62. The number of fused-ring (bicyclic) bond motifs is 3. The number of rotatable bonds is 6. The van der Waals surface area contributed by atoms with Gasteiger partial charge in [-0.3, -0.25) is 29.9 Å². The van der Waals surface area contributed by atoms with Crippen molar-refractivity contribution < 1.29 is 0 Å². The van der Waals surface area contributed by atoms with Gasteiger partial charge in [-0.1, -0.05) is 50.2 Å². The lowest BCUT2D eigenvalue weighted by Gasteiger charge is -2.17. The van der Waals surface area contributed by atoms with E-state index in [-0.39, 0.29) is 0 Å². The van der Waals surface area contributed by atoms with Crippen LogP contribution in [-0.2, 0) is 0 Å². The summed E-state index contributed by atoms with van der Waals surface area (Å²) in [4.78, 5) is 29.3. The van der Waals surface area contributed by atoms with E-state index in [4.69, 9.17) is 29.9 Å². The van der Waals surface area contributed by atoms with Crippen LogP contribution < -0.4 is 0 Å². The molecule has 0 spiro atoms. The molecular weight excluding hydrogens is 645 g/mol. The summed E-state index contributed by atoms with van der Waals surface area (Å²) in [6.45, 7) is 4.00. The van der Waals surface area contributed by atoms with Gasteiger partial charge in [0, 0.05) is 90.7 Å². The van der Waals surface area contributed by atoms with E-state index in [0.717, 1.165) is 87.7 Å². The average Bonchev–Trinajstić information content (AvgIpc) is 3.60. The molecule has 0 unspecified atom stereocenters. The molecule has 0 N–H and O–H groups in total. The SMILES string of the molecule is CC.c1ccc(-c2cc3c(sc4c(-c5ccccn5)c(-c5ccccn5)c(-c5ccccn5)cc43)c(-c3ccccn3)c2-c2ccccn2)nc1. The Morgan fingerprint density at radius 1 is 0.333 bits per heavy atom. The van der Waals surface area contributed by atoms with Gasteiger partial charge >= 0.3 is 0 Å². The lowest BCUT2D eigenvalue weighted by atomic mass is 9.88. The van der Waals surface area contributed by atoms with Gasteiger partial charge in [0.25, 0.3) is 0 Å². The summed E-state index contributed by atoms with van der Waals surface area (Å²) in [6, 6.07) is 40.8. The van der Waals surface area contributed by atoms with Crippen LogP contribution in [0.4, 0.5) is 0 Å². The van der Waals surface area contributed by atoms with Gasteiger partial charge in [0.15, 0.2) is 0 Å². The Labute approximate surface area is 300 Å². The Hall–Kier alpha value is -6.44. The zero-order valence-corrected chi connectivity index (χ0v) is 28.9. The molecule has 7 aromatic heterocycles. The maximum absolute atomic E-state index is 4.93. The van der Waals surface area contributed by atoms with E-state index in [1.165, 1.54) is 0 Å². The van der Waals surface area contributed by atoms with Gasteiger partial charge in [0.2, 0.25) is 0 Å². The number of thiophene rings is 1. The molecule has 7 heteroatoms. The van der Waals surface area contributed by atoms with E-state index in [9.17, 15) is 0 Å². The quantitative estimate of drug-likeness (QED) is 0.174. The van der Waals surface area contributed by atoms with Gasteiger partial charge < -0.3 is 0 Å². The first kappa shape index (κ1) is 31.8. The topological polar surface area (TPSA) is 77.3 Å². The van der Waals surface area contributed by atoms with Gasteiger partial charge in [-0.25, -0.2) is 0 Å². The molecule has 0 aliphatic heterocycles. The number of hydrogen-bond donors (Lipinski definition) is 0. The molecule has 0 saturated carbocycles. The summed E-state index contributed by atoms with van der Waals surface area (Å²) >= 11 is 1.75. The smallest absolute Gasteiger partial charge is 0.0723 e. The van der Waals surface area contributed by atoms with Crippen molar-refractivity contribution in [3.05, 3.63) is 159 Å². The molecule has 0 aliphatic carbocycles. The van der Waals surface area contributed by atoms with Gasteiger partial charge in [0.1, 0.15) is 0 Å². The van der Waals surface area contributed by atoms with Crippen LogP contribution in [0.3, 0.4) is 0 Å². The normalized spacial score (nSPS) is 10.9. The van der Waals surface area contributed by atoms with Gasteiger partial charge in [-0.15, -0.1) is 11.3 Å². The van der Waals surface area contributed by atoms with E-state index >= 15 is 0 Å². The monoisotopic (exact) mass is 676 g/mol. The van der Waals surface area contributed by atoms with Crippen LogP contribution in [0.5, 0.6) is 0 Å². The Morgan fingerprint density at radius 2 is 0.608 bits per heavy atom. The molecule has 0 saturated heterocycles. The van der Waals surface area contributed by atoms with E-state index in [1.807, 2.05) is 124 Å². The Kier molecular flexibility index (Phi) is 8.85. The van der Waals surface area contributed by atoms with Crippen LogP contribution in [0.1, 0.15) is 13.8 Å². The summed E-state index contributed by atoms with van der Waals surface area (Å²) in [5, 5.41) is 2.20. The highest BCUT2D eigenvalue weighted by atomic mass is 32.1. The van der Waals surface area contributed by atoms with Crippen LogP contribution in [0.2, 0.25) is 0 Å². The highest BCUT2D eigenvalue weighted by Gasteiger charge is 2.27. The van der Waals surface area contributed by atoms with Crippen LogP contribution in [0, 0.1) is 0 Å². The molecule has 0 aliphatic rings. The molecule has 51 heavy (non-hydrogen) atoms. The highest BCUT2D eigenvalue weighted by Crippen LogP contribution is 2.53. The Balaban J connectivity index is 0.00000184. The fourth-order valence-electron chi connectivity index (χ4n) is 6.56. The minimum atomic E-state index is 0.858. The second-order valence-electron chi connectivity index (χ2n) is 11.5. The molecule has 9 aromatic rings. The van der Waals surface area contributed by atoms with Crippen molar-refractivity contribution in [2.24, 2.45) is 0 Å². The molecule has 0 radical (unpaired) electrons. The standard InChI is InChI=1S/C42H26N6S.C2H6/c1-7-19-43-31(13-1)29-25-27-28-26-30(32-14-2-8-20-44-32)38(34-16-4-10-22-46-34)40(36-18-6-12-24-48-36)42(28)49-41(27)39(35-17-5-11-23-47-35)37(29)33-15-3-9-21-45-33;1-2/h1-26H;1-2H3. The van der Waals surface area contributed by atoms with E-state index < -0.39 is 0 Å². The largest absolute Gasteiger partial charge is 0.256 e. The van der Waals surface area contributed by atoms with Crippen molar-refractivity contribution in [2.45, 2.75) is 13.8 Å². The average molecular weight is 677 g/mol. The highest BCUT2D eigenvalue weighted by molar-refractivity contribution is 7.27. The number of aromatic nitrogens is 6. The summed E-state index contributed by atoms with van der Waals surface area (Å²) < 4.78 is 2.22. The Morgan fingerprint density at radius 3 is 0.882 bits per heavy atom. The molecule has 9 rings (SSSR count). The number of pyridine rings is 6. The molecule has 244 valence electrons. The molecule has 6 nitrogen and oxygen atoms in total. The van der Waals surface area contributed by atoms with Crippen LogP contribution in [-0.4, -0.2) is 29.9 Å². The van der Waals surface area contributed by atoms with Gasteiger partial charge in [-0.2, -0.15) is 0 Å². The Bertz CT molecular complexity index is 2380. The van der Waals surface area contributed by atoms with Crippen molar-refractivity contribution in [2.75, 3.05) is 0 Å². The third kappa shape index (κ3) is 5.83. The zero-order chi connectivity index (χ0) is 34.6. The second-order valence-corrected chi connectivity index (χ2v) is 12.5. The molecule has 7 heterocycles. The fraction of sp³-hybridized carbons (Fsp3) is 0.0455. The minimum absolute atomic E-state index is 0.858. The molecule has 0 bridgehead atoms. The van der Waals surface area contributed by atoms with Crippen molar-refractivity contribution in [3.8, 4) is 67.5 Å². The lowest BCUT2D eigenvalue weighted by Crippen LogP contribution is -1.96. The summed E-state index contributed by atoms with van der Waals surface area (Å²) in [6.07, 6.45) is 11.1. The third-order valence-corrected chi connectivity index (χ3v) is 9.88. The van der Waals surface area contributed by atoms with Crippen molar-refractivity contribution in [1.82, 2.24) is 29.9 Å². The molecule has 2 aromatic carbocycles. The number of hydrogen-bond acceptors (Lipinski definition) is 7. The lowest BCUT2D eigenvalue weighted by molar-refractivity contribution is 1.29.